The van der Waals surface area contributed by atoms with Crippen molar-refractivity contribution in [2.45, 2.75) is 25.7 Å². The van der Waals surface area contributed by atoms with Crippen LogP contribution in [0.5, 0.6) is 11.5 Å². The molecule has 2 aromatic carbocycles. The summed E-state index contributed by atoms with van der Waals surface area (Å²) in [6, 6.07) is 11.3. The van der Waals surface area contributed by atoms with Crippen LogP contribution in [0.2, 0.25) is 0 Å². The molecule has 0 unspecified atom stereocenters. The molecule has 0 heterocycles. The zero-order valence-corrected chi connectivity index (χ0v) is 18.7. The molecule has 0 aromatic heterocycles. The summed E-state index contributed by atoms with van der Waals surface area (Å²) < 4.78 is 43.9. The van der Waals surface area contributed by atoms with Crippen molar-refractivity contribution >= 4 is 21.7 Å². The second-order valence-corrected chi connectivity index (χ2v) is 8.29. The number of nitrogens with zero attached hydrogens (tertiary/aromatic N) is 1. The maximum absolute atomic E-state index is 13.5. The van der Waals surface area contributed by atoms with Gasteiger partial charge in [-0.05, 0) is 32.9 Å². The van der Waals surface area contributed by atoms with Gasteiger partial charge < -0.3 is 14.2 Å². The fraction of sp³-hybridized carbons (Fsp3) is 0.318. The molecule has 0 amide bonds. The summed E-state index contributed by atoms with van der Waals surface area (Å²) >= 11 is 0. The van der Waals surface area contributed by atoms with Crippen molar-refractivity contribution in [3.8, 4) is 11.5 Å². The van der Waals surface area contributed by atoms with Gasteiger partial charge in [-0.25, -0.2) is 13.2 Å². The lowest BCUT2D eigenvalue weighted by Crippen LogP contribution is -2.34. The smallest absolute Gasteiger partial charge is 0.335 e. The molecule has 0 fully saturated rings. The van der Waals surface area contributed by atoms with E-state index >= 15 is 0 Å². The largest absolute Gasteiger partial charge is 0.497 e. The monoisotopic (exact) mass is 433 g/mol. The van der Waals surface area contributed by atoms with Crippen molar-refractivity contribution in [2.24, 2.45) is 0 Å². The fourth-order valence-corrected chi connectivity index (χ4v) is 4.17. The lowest BCUT2D eigenvalue weighted by atomic mass is 10.2. The van der Waals surface area contributed by atoms with Gasteiger partial charge in [-0.2, -0.15) is 0 Å². The van der Waals surface area contributed by atoms with E-state index in [1.54, 1.807) is 50.3 Å². The van der Waals surface area contributed by atoms with E-state index in [2.05, 4.69) is 0 Å². The van der Waals surface area contributed by atoms with Crippen LogP contribution in [0.15, 0.2) is 59.0 Å². The standard InChI is InChI=1S/C22H27NO6S/c1-6-17(22(24)29-7-2)15-23(18-12-19(27-4)14-20(13-18)28-5)30(25,26)21-10-8-16(3)9-11-21/h6,8-14H,7,15H2,1-5H3/b17-6-. The predicted molar refractivity (Wildman–Crippen MR) is 116 cm³/mol. The molecular weight excluding hydrogens is 406 g/mol. The molecule has 162 valence electrons. The quantitative estimate of drug-likeness (QED) is 0.443. The van der Waals surface area contributed by atoms with E-state index < -0.39 is 16.0 Å². The first-order valence-electron chi connectivity index (χ1n) is 9.41. The van der Waals surface area contributed by atoms with Crippen LogP contribution in [-0.4, -0.2) is 41.8 Å². The summed E-state index contributed by atoms with van der Waals surface area (Å²) in [5.74, 6) is 0.275. The number of hydrogen-bond acceptors (Lipinski definition) is 6. The SMILES string of the molecule is C/C=C(/CN(c1cc(OC)cc(OC)c1)S(=O)(=O)c1ccc(C)cc1)C(=O)OCC. The molecule has 0 saturated carbocycles. The van der Waals surface area contributed by atoms with E-state index in [9.17, 15) is 13.2 Å². The average Bonchev–Trinajstić information content (AvgIpc) is 2.74. The minimum absolute atomic E-state index is 0.106. The minimum atomic E-state index is -4.00. The number of rotatable bonds is 9. The molecule has 8 heteroatoms. The number of hydrogen-bond donors (Lipinski definition) is 0. The number of methoxy groups -OCH3 is 2. The zero-order valence-electron chi connectivity index (χ0n) is 17.8. The van der Waals surface area contributed by atoms with E-state index in [4.69, 9.17) is 14.2 Å². The summed E-state index contributed by atoms with van der Waals surface area (Å²) in [6.45, 7) is 5.21. The molecule has 0 aliphatic carbocycles. The van der Waals surface area contributed by atoms with Crippen molar-refractivity contribution in [1.29, 1.82) is 0 Å². The second kappa shape index (κ2) is 10.2. The number of carbonyl (C=O) groups is 1. The molecule has 0 radical (unpaired) electrons. The predicted octanol–water partition coefficient (Wildman–Crippen LogP) is 3.72. The Hall–Kier alpha value is -3.00. The Morgan fingerprint density at radius 1 is 1.03 bits per heavy atom. The lowest BCUT2D eigenvalue weighted by Gasteiger charge is -2.26. The van der Waals surface area contributed by atoms with Crippen molar-refractivity contribution in [1.82, 2.24) is 0 Å². The summed E-state index contributed by atoms with van der Waals surface area (Å²) in [4.78, 5) is 12.4. The Morgan fingerprint density at radius 3 is 2.07 bits per heavy atom. The number of aryl methyl sites for hydroxylation is 1. The number of carbonyl (C=O) groups excluding carboxylic acids is 1. The van der Waals surface area contributed by atoms with E-state index in [0.717, 1.165) is 9.87 Å². The Labute approximate surface area is 177 Å². The van der Waals surface area contributed by atoms with Crippen molar-refractivity contribution in [3.63, 3.8) is 0 Å². The van der Waals surface area contributed by atoms with Crippen LogP contribution >= 0.6 is 0 Å². The molecule has 0 saturated heterocycles. The third-order valence-corrected chi connectivity index (χ3v) is 6.22. The number of sulfonamides is 1. The van der Waals surface area contributed by atoms with E-state index in [0.29, 0.717) is 17.2 Å². The third kappa shape index (κ3) is 5.33. The first-order chi connectivity index (χ1) is 14.3. The van der Waals surface area contributed by atoms with Crippen molar-refractivity contribution in [2.75, 3.05) is 31.7 Å². The maximum Gasteiger partial charge on any atom is 0.335 e. The molecule has 0 aliphatic rings. The van der Waals surface area contributed by atoms with Crippen LogP contribution in [-0.2, 0) is 19.6 Å². The number of ether oxygens (including phenoxy) is 3. The molecule has 0 N–H and O–H groups in total. The molecule has 7 nitrogen and oxygen atoms in total. The van der Waals surface area contributed by atoms with Gasteiger partial charge in [0.05, 0.1) is 43.5 Å². The normalized spacial score (nSPS) is 11.7. The average molecular weight is 434 g/mol. The third-order valence-electron chi connectivity index (χ3n) is 4.43. The Balaban J connectivity index is 2.63. The molecule has 2 rings (SSSR count). The summed E-state index contributed by atoms with van der Waals surface area (Å²) in [6.07, 6.45) is 1.55. The summed E-state index contributed by atoms with van der Waals surface area (Å²) in [5.41, 5.74) is 1.45. The van der Waals surface area contributed by atoms with Gasteiger partial charge in [0, 0.05) is 18.2 Å². The van der Waals surface area contributed by atoms with Gasteiger partial charge in [0.1, 0.15) is 11.5 Å². The Bertz CT molecular complexity index is 990. The van der Waals surface area contributed by atoms with Crippen LogP contribution in [0, 0.1) is 6.92 Å². The Morgan fingerprint density at radius 2 is 1.60 bits per heavy atom. The van der Waals surface area contributed by atoms with Gasteiger partial charge in [0.2, 0.25) is 0 Å². The number of allylic oxidation sites excluding steroid dienone is 1. The van der Waals surface area contributed by atoms with Crippen LogP contribution in [0.25, 0.3) is 0 Å². The maximum atomic E-state index is 13.5. The highest BCUT2D eigenvalue weighted by molar-refractivity contribution is 7.92. The van der Waals surface area contributed by atoms with Gasteiger partial charge >= 0.3 is 5.97 Å². The molecule has 0 spiro atoms. The van der Waals surface area contributed by atoms with Crippen LogP contribution in [0.3, 0.4) is 0 Å². The zero-order chi connectivity index (χ0) is 22.3. The van der Waals surface area contributed by atoms with E-state index in [-0.39, 0.29) is 23.6 Å². The molecule has 0 aliphatic heterocycles. The van der Waals surface area contributed by atoms with Gasteiger partial charge in [-0.15, -0.1) is 0 Å². The minimum Gasteiger partial charge on any atom is -0.497 e. The number of anilines is 1. The topological polar surface area (TPSA) is 82.1 Å². The molecule has 30 heavy (non-hydrogen) atoms. The first kappa shape index (κ1) is 23.3. The second-order valence-electron chi connectivity index (χ2n) is 6.43. The van der Waals surface area contributed by atoms with E-state index in [1.165, 1.54) is 26.4 Å². The van der Waals surface area contributed by atoms with Gasteiger partial charge in [0.15, 0.2) is 0 Å². The number of benzene rings is 2. The molecule has 0 atom stereocenters. The highest BCUT2D eigenvalue weighted by atomic mass is 32.2. The van der Waals surface area contributed by atoms with Crippen molar-refractivity contribution in [3.05, 3.63) is 59.7 Å². The Kier molecular flexibility index (Phi) is 7.88. The summed E-state index contributed by atoms with van der Waals surface area (Å²) in [7, 11) is -1.04. The highest BCUT2D eigenvalue weighted by Gasteiger charge is 2.28. The lowest BCUT2D eigenvalue weighted by molar-refractivity contribution is -0.138. The van der Waals surface area contributed by atoms with Gasteiger partial charge in [-0.3, -0.25) is 4.31 Å². The van der Waals surface area contributed by atoms with Crippen LogP contribution < -0.4 is 13.8 Å². The summed E-state index contributed by atoms with van der Waals surface area (Å²) in [5, 5.41) is 0. The van der Waals surface area contributed by atoms with Gasteiger partial charge in [-0.1, -0.05) is 23.8 Å². The van der Waals surface area contributed by atoms with Gasteiger partial charge in [0.25, 0.3) is 10.0 Å². The first-order valence-corrected chi connectivity index (χ1v) is 10.9. The van der Waals surface area contributed by atoms with Crippen LogP contribution in [0.4, 0.5) is 5.69 Å². The molecule has 2 aromatic rings. The van der Waals surface area contributed by atoms with E-state index in [1.807, 2.05) is 6.92 Å². The molecular formula is C22H27NO6S. The van der Waals surface area contributed by atoms with Crippen LogP contribution in [0.1, 0.15) is 19.4 Å². The highest BCUT2D eigenvalue weighted by Crippen LogP contribution is 2.32. The molecule has 0 bridgehead atoms. The fourth-order valence-electron chi connectivity index (χ4n) is 2.74. The number of esters is 1. The van der Waals surface area contributed by atoms with Crippen molar-refractivity contribution < 1.29 is 27.4 Å².